The minimum Gasteiger partial charge on any atom is -0.478 e. The van der Waals surface area contributed by atoms with Crippen molar-refractivity contribution in [1.82, 2.24) is 9.97 Å². The van der Waals surface area contributed by atoms with Gasteiger partial charge in [-0.1, -0.05) is 31.7 Å². The zero-order valence-electron chi connectivity index (χ0n) is 20.9. The molecule has 1 amide bonds. The van der Waals surface area contributed by atoms with Gasteiger partial charge in [-0.2, -0.15) is 0 Å². The van der Waals surface area contributed by atoms with E-state index in [9.17, 15) is 14.7 Å². The molecule has 0 atom stereocenters. The standard InChI is InChI=1S/C29H37N3O4/c33-27(30-23-9-5-8-22(13-23)28(34)35)25-24(31-26(32-25)21-6-3-1-2-4-7-21)17-36-29-14-18-10-19(15-29)12-20(11-18)16-29/h5,8-9,13,18-21H,1-4,6-7,10-12,14-17H2,(H,30,33)(H,31,32)(H,34,35). The molecule has 7 heteroatoms. The fraction of sp³-hybridized carbons (Fsp3) is 0.621. The van der Waals surface area contributed by atoms with Crippen LogP contribution in [0.15, 0.2) is 24.3 Å². The van der Waals surface area contributed by atoms with E-state index >= 15 is 0 Å². The molecule has 36 heavy (non-hydrogen) atoms. The molecule has 7 nitrogen and oxygen atoms in total. The number of aromatic amines is 1. The second-order valence-electron chi connectivity index (χ2n) is 11.9. The van der Waals surface area contributed by atoms with Gasteiger partial charge in [-0.25, -0.2) is 9.78 Å². The predicted molar refractivity (Wildman–Crippen MR) is 136 cm³/mol. The number of rotatable bonds is 7. The van der Waals surface area contributed by atoms with Gasteiger partial charge in [0.15, 0.2) is 5.69 Å². The first-order valence-corrected chi connectivity index (χ1v) is 13.8. The summed E-state index contributed by atoms with van der Waals surface area (Å²) in [6, 6.07) is 6.33. The maximum Gasteiger partial charge on any atom is 0.335 e. The van der Waals surface area contributed by atoms with Crippen molar-refractivity contribution in [2.75, 3.05) is 5.32 Å². The summed E-state index contributed by atoms with van der Waals surface area (Å²) in [6.45, 7) is 0.365. The van der Waals surface area contributed by atoms with Crippen LogP contribution in [-0.2, 0) is 11.3 Å². The van der Waals surface area contributed by atoms with Crippen molar-refractivity contribution >= 4 is 17.6 Å². The number of aromatic carboxylic acids is 1. The van der Waals surface area contributed by atoms with E-state index in [2.05, 4.69) is 10.3 Å². The normalized spacial score (nSPS) is 29.7. The maximum absolute atomic E-state index is 13.4. The van der Waals surface area contributed by atoms with E-state index in [1.165, 1.54) is 57.1 Å². The number of benzene rings is 1. The number of nitrogens with one attached hydrogen (secondary N) is 2. The first-order valence-electron chi connectivity index (χ1n) is 13.8. The van der Waals surface area contributed by atoms with Gasteiger partial charge in [0, 0.05) is 11.6 Å². The highest BCUT2D eigenvalue weighted by atomic mass is 16.5. The minimum atomic E-state index is -1.02. The number of carbonyl (C=O) groups is 2. The molecular weight excluding hydrogens is 454 g/mol. The zero-order valence-corrected chi connectivity index (χ0v) is 20.9. The third-order valence-corrected chi connectivity index (χ3v) is 9.13. The maximum atomic E-state index is 13.4. The Bertz CT molecular complexity index is 1100. The predicted octanol–water partition coefficient (Wildman–Crippen LogP) is 6.28. The summed E-state index contributed by atoms with van der Waals surface area (Å²) < 4.78 is 6.72. The molecule has 0 saturated heterocycles. The van der Waals surface area contributed by atoms with E-state index in [0.29, 0.717) is 23.9 Å². The molecule has 0 unspecified atom stereocenters. The van der Waals surface area contributed by atoms with Gasteiger partial charge in [0.1, 0.15) is 5.82 Å². The number of carboxylic acids is 1. The van der Waals surface area contributed by atoms with Crippen LogP contribution < -0.4 is 5.32 Å². The van der Waals surface area contributed by atoms with Gasteiger partial charge in [-0.3, -0.25) is 4.79 Å². The molecule has 192 valence electrons. The molecule has 5 aliphatic carbocycles. The van der Waals surface area contributed by atoms with Gasteiger partial charge in [0.25, 0.3) is 5.91 Å². The molecule has 7 rings (SSSR count). The highest BCUT2D eigenvalue weighted by Gasteiger charge is 2.51. The summed E-state index contributed by atoms with van der Waals surface area (Å²) in [6.07, 6.45) is 14.6. The van der Waals surface area contributed by atoms with Crippen LogP contribution >= 0.6 is 0 Å². The van der Waals surface area contributed by atoms with Crippen molar-refractivity contribution in [1.29, 1.82) is 0 Å². The number of anilines is 1. The third-order valence-electron chi connectivity index (χ3n) is 9.13. The first-order chi connectivity index (χ1) is 17.5. The van der Waals surface area contributed by atoms with Gasteiger partial charge >= 0.3 is 5.97 Å². The third kappa shape index (κ3) is 4.82. The lowest BCUT2D eigenvalue weighted by molar-refractivity contribution is -0.169. The number of amides is 1. The van der Waals surface area contributed by atoms with Crippen LogP contribution in [0.1, 0.15) is 115 Å². The van der Waals surface area contributed by atoms with Crippen molar-refractivity contribution in [3.63, 3.8) is 0 Å². The number of carboxylic acid groups (broad SMARTS) is 1. The number of hydrogen-bond donors (Lipinski definition) is 3. The van der Waals surface area contributed by atoms with Gasteiger partial charge < -0.3 is 20.1 Å². The Kier molecular flexibility index (Phi) is 6.36. The highest BCUT2D eigenvalue weighted by Crippen LogP contribution is 2.57. The fourth-order valence-electron chi connectivity index (χ4n) is 7.82. The molecule has 1 aromatic heterocycles. The van der Waals surface area contributed by atoms with Crippen LogP contribution in [0, 0.1) is 17.8 Å². The average molecular weight is 492 g/mol. The summed E-state index contributed by atoms with van der Waals surface area (Å²) >= 11 is 0. The summed E-state index contributed by atoms with van der Waals surface area (Å²) in [5.74, 6) is 2.27. The molecule has 4 bridgehead atoms. The van der Waals surface area contributed by atoms with E-state index in [4.69, 9.17) is 9.72 Å². The van der Waals surface area contributed by atoms with Crippen LogP contribution in [0.25, 0.3) is 0 Å². The second kappa shape index (κ2) is 9.66. The molecule has 5 aliphatic rings. The van der Waals surface area contributed by atoms with E-state index in [1.54, 1.807) is 12.1 Å². The lowest BCUT2D eigenvalue weighted by Gasteiger charge is -2.56. The Morgan fingerprint density at radius 1 is 1.03 bits per heavy atom. The lowest BCUT2D eigenvalue weighted by atomic mass is 9.54. The molecule has 1 heterocycles. The first kappa shape index (κ1) is 23.7. The second-order valence-corrected chi connectivity index (χ2v) is 11.9. The van der Waals surface area contributed by atoms with Crippen molar-refractivity contribution in [2.45, 2.75) is 95.2 Å². The number of aromatic nitrogens is 2. The summed E-state index contributed by atoms with van der Waals surface area (Å²) in [4.78, 5) is 33.1. The molecular formula is C29H37N3O4. The molecule has 1 aromatic carbocycles. The van der Waals surface area contributed by atoms with Crippen LogP contribution in [0.2, 0.25) is 0 Å². The van der Waals surface area contributed by atoms with Crippen LogP contribution in [0.5, 0.6) is 0 Å². The SMILES string of the molecule is O=C(O)c1cccc(NC(=O)c2nc(C3CCCCCC3)[nH]c2COC23CC4CC(CC(C4)C2)C3)c1. The minimum absolute atomic E-state index is 0.0497. The number of nitrogens with zero attached hydrogens (tertiary/aromatic N) is 1. The molecule has 5 saturated carbocycles. The van der Waals surface area contributed by atoms with Crippen molar-refractivity contribution < 1.29 is 19.4 Å². The molecule has 2 aromatic rings. The largest absolute Gasteiger partial charge is 0.478 e. The number of H-pyrrole nitrogens is 1. The molecule has 3 N–H and O–H groups in total. The van der Waals surface area contributed by atoms with Crippen LogP contribution in [-0.4, -0.2) is 32.6 Å². The fourth-order valence-corrected chi connectivity index (χ4v) is 7.82. The topological polar surface area (TPSA) is 104 Å². The highest BCUT2D eigenvalue weighted by molar-refractivity contribution is 6.04. The zero-order chi connectivity index (χ0) is 24.7. The van der Waals surface area contributed by atoms with Gasteiger partial charge in [-0.15, -0.1) is 0 Å². The number of ether oxygens (including phenoxy) is 1. The average Bonchev–Trinajstić information content (AvgIpc) is 3.08. The Balaban J connectivity index is 1.24. The van der Waals surface area contributed by atoms with Gasteiger partial charge in [-0.05, 0) is 87.3 Å². The van der Waals surface area contributed by atoms with Gasteiger partial charge in [0.2, 0.25) is 0 Å². The van der Waals surface area contributed by atoms with Crippen molar-refractivity contribution in [3.8, 4) is 0 Å². The smallest absolute Gasteiger partial charge is 0.335 e. The van der Waals surface area contributed by atoms with E-state index in [-0.39, 0.29) is 17.1 Å². The quantitative estimate of drug-likeness (QED) is 0.395. The Morgan fingerprint density at radius 3 is 2.33 bits per heavy atom. The Hall–Kier alpha value is -2.67. The summed E-state index contributed by atoms with van der Waals surface area (Å²) in [5, 5.41) is 12.2. The van der Waals surface area contributed by atoms with Crippen molar-refractivity contribution in [3.05, 3.63) is 47.0 Å². The summed E-state index contributed by atoms with van der Waals surface area (Å²) in [7, 11) is 0. The Labute approximate surface area is 212 Å². The lowest BCUT2D eigenvalue weighted by Crippen LogP contribution is -2.51. The van der Waals surface area contributed by atoms with Gasteiger partial charge in [0.05, 0.1) is 23.5 Å². The Morgan fingerprint density at radius 2 is 1.69 bits per heavy atom. The molecule has 0 aliphatic heterocycles. The number of carbonyl (C=O) groups excluding carboxylic acids is 1. The molecule has 0 spiro atoms. The molecule has 5 fully saturated rings. The van der Waals surface area contributed by atoms with E-state index in [1.807, 2.05) is 0 Å². The molecule has 0 radical (unpaired) electrons. The van der Waals surface area contributed by atoms with Crippen molar-refractivity contribution in [2.24, 2.45) is 17.8 Å². The van der Waals surface area contributed by atoms with E-state index < -0.39 is 5.97 Å². The number of imidazole rings is 1. The summed E-state index contributed by atoms with van der Waals surface area (Å²) in [5.41, 5.74) is 1.66. The van der Waals surface area contributed by atoms with Crippen LogP contribution in [0.4, 0.5) is 5.69 Å². The number of hydrogen-bond acceptors (Lipinski definition) is 4. The van der Waals surface area contributed by atoms with E-state index in [0.717, 1.165) is 61.4 Å². The monoisotopic (exact) mass is 491 g/mol. The van der Waals surface area contributed by atoms with Crippen LogP contribution in [0.3, 0.4) is 0 Å².